The molecule has 0 aliphatic rings. The zero-order chi connectivity index (χ0) is 14.3. The van der Waals surface area contributed by atoms with Gasteiger partial charge in [0.25, 0.3) is 0 Å². The molecular formula is C16H28O3. The Morgan fingerprint density at radius 1 is 0.947 bits per heavy atom. The average Bonchev–Trinajstić information content (AvgIpc) is 2.43. The largest absolute Gasteiger partial charge is 0.462 e. The average molecular weight is 268 g/mol. The number of unbranched alkanes of at least 4 members (excludes halogenated alkanes) is 9. The molecule has 0 aliphatic carbocycles. The van der Waals surface area contributed by atoms with Crippen LogP contribution >= 0.6 is 0 Å². The number of rotatable bonds is 13. The van der Waals surface area contributed by atoms with Gasteiger partial charge in [0.2, 0.25) is 0 Å². The third-order valence-corrected chi connectivity index (χ3v) is 3.14. The van der Waals surface area contributed by atoms with Crippen LogP contribution in [0.1, 0.15) is 71.1 Å². The first-order chi connectivity index (χ1) is 9.22. The summed E-state index contributed by atoms with van der Waals surface area (Å²) >= 11 is 0. The molecule has 0 spiro atoms. The molecule has 0 unspecified atom stereocenters. The van der Waals surface area contributed by atoms with Crippen LogP contribution in [0.2, 0.25) is 0 Å². The topological polar surface area (TPSA) is 43.4 Å². The minimum absolute atomic E-state index is 0.105. The van der Waals surface area contributed by atoms with Crippen molar-refractivity contribution >= 4 is 12.3 Å². The Labute approximate surface area is 117 Å². The molecule has 0 rings (SSSR count). The van der Waals surface area contributed by atoms with Crippen molar-refractivity contribution in [2.24, 2.45) is 0 Å². The Bertz CT molecular complexity index is 259. The fraction of sp³-hybridized carbons (Fsp3) is 0.750. The predicted octanol–water partition coefficient (Wildman–Crippen LogP) is 4.21. The number of hydrogen-bond acceptors (Lipinski definition) is 3. The lowest BCUT2D eigenvalue weighted by molar-refractivity contribution is -0.139. The summed E-state index contributed by atoms with van der Waals surface area (Å²) in [4.78, 5) is 21.3. The van der Waals surface area contributed by atoms with Crippen LogP contribution in [-0.2, 0) is 14.3 Å². The van der Waals surface area contributed by atoms with Gasteiger partial charge in [0.05, 0.1) is 12.2 Å². The van der Waals surface area contributed by atoms with Crippen LogP contribution in [0, 0.1) is 0 Å². The zero-order valence-corrected chi connectivity index (χ0v) is 12.3. The lowest BCUT2D eigenvalue weighted by atomic mass is 10.1. The van der Waals surface area contributed by atoms with Crippen LogP contribution < -0.4 is 0 Å². The van der Waals surface area contributed by atoms with E-state index < -0.39 is 5.97 Å². The molecule has 19 heavy (non-hydrogen) atoms. The highest BCUT2D eigenvalue weighted by molar-refractivity contribution is 6.06. The lowest BCUT2D eigenvalue weighted by Crippen LogP contribution is -2.08. The number of hydrogen-bond donors (Lipinski definition) is 0. The highest BCUT2D eigenvalue weighted by atomic mass is 16.5. The van der Waals surface area contributed by atoms with Gasteiger partial charge >= 0.3 is 5.97 Å². The second-order valence-electron chi connectivity index (χ2n) is 4.96. The molecular weight excluding hydrogens is 240 g/mol. The van der Waals surface area contributed by atoms with E-state index in [1.807, 2.05) is 0 Å². The van der Waals surface area contributed by atoms with Gasteiger partial charge in [-0.25, -0.2) is 4.79 Å². The normalized spacial score (nSPS) is 10.2. The van der Waals surface area contributed by atoms with Gasteiger partial charge in [0.15, 0.2) is 6.29 Å². The summed E-state index contributed by atoms with van der Waals surface area (Å²) in [6, 6.07) is 0. The Kier molecular flexibility index (Phi) is 12.5. The summed E-state index contributed by atoms with van der Waals surface area (Å²) in [6.45, 7) is 5.92. The number of esters is 1. The lowest BCUT2D eigenvalue weighted by Gasteiger charge is -2.04. The molecule has 0 bridgehead atoms. The van der Waals surface area contributed by atoms with E-state index in [-0.39, 0.29) is 5.57 Å². The van der Waals surface area contributed by atoms with Crippen molar-refractivity contribution in [2.45, 2.75) is 71.1 Å². The van der Waals surface area contributed by atoms with E-state index in [0.717, 1.165) is 12.8 Å². The standard InChI is InChI=1S/C16H28O3/c1-3-4-5-6-7-8-9-10-11-12-13-19-16(18)15(2)14-17/h14H,2-13H2,1H3. The van der Waals surface area contributed by atoms with Crippen molar-refractivity contribution in [2.75, 3.05) is 6.61 Å². The number of carbonyl (C=O) groups is 2. The second-order valence-corrected chi connectivity index (χ2v) is 4.96. The van der Waals surface area contributed by atoms with E-state index in [1.165, 1.54) is 51.4 Å². The molecule has 0 aliphatic heterocycles. The zero-order valence-electron chi connectivity index (χ0n) is 12.3. The van der Waals surface area contributed by atoms with Crippen molar-refractivity contribution in [3.8, 4) is 0 Å². The van der Waals surface area contributed by atoms with E-state index in [2.05, 4.69) is 13.5 Å². The summed E-state index contributed by atoms with van der Waals surface area (Å²) in [6.07, 6.45) is 12.9. The highest BCUT2D eigenvalue weighted by Gasteiger charge is 2.05. The summed E-state index contributed by atoms with van der Waals surface area (Å²) in [5.41, 5.74) is -0.105. The Morgan fingerprint density at radius 3 is 1.89 bits per heavy atom. The van der Waals surface area contributed by atoms with Crippen molar-refractivity contribution in [3.63, 3.8) is 0 Å². The minimum Gasteiger partial charge on any atom is -0.462 e. The van der Waals surface area contributed by atoms with E-state index >= 15 is 0 Å². The van der Waals surface area contributed by atoms with Crippen LogP contribution in [0.25, 0.3) is 0 Å². The maximum absolute atomic E-state index is 11.1. The summed E-state index contributed by atoms with van der Waals surface area (Å²) < 4.78 is 4.90. The van der Waals surface area contributed by atoms with Crippen LogP contribution in [0.5, 0.6) is 0 Å². The molecule has 0 N–H and O–H groups in total. The Morgan fingerprint density at radius 2 is 1.42 bits per heavy atom. The summed E-state index contributed by atoms with van der Waals surface area (Å²) in [5, 5.41) is 0. The van der Waals surface area contributed by atoms with Crippen molar-refractivity contribution in [1.82, 2.24) is 0 Å². The van der Waals surface area contributed by atoms with Gasteiger partial charge in [-0.3, -0.25) is 4.79 Å². The van der Waals surface area contributed by atoms with Gasteiger partial charge in [-0.2, -0.15) is 0 Å². The number of ether oxygens (including phenoxy) is 1. The molecule has 0 heterocycles. The van der Waals surface area contributed by atoms with E-state index in [1.54, 1.807) is 0 Å². The Balaban J connectivity index is 3.17. The van der Waals surface area contributed by atoms with E-state index in [9.17, 15) is 9.59 Å². The van der Waals surface area contributed by atoms with Gasteiger partial charge in [0, 0.05) is 0 Å². The molecule has 3 nitrogen and oxygen atoms in total. The molecule has 0 saturated heterocycles. The molecule has 0 atom stereocenters. The van der Waals surface area contributed by atoms with Crippen molar-refractivity contribution < 1.29 is 14.3 Å². The van der Waals surface area contributed by atoms with E-state index in [0.29, 0.717) is 12.9 Å². The molecule has 0 aromatic rings. The molecule has 0 amide bonds. The van der Waals surface area contributed by atoms with Gasteiger partial charge in [-0.05, 0) is 6.42 Å². The fourth-order valence-electron chi connectivity index (χ4n) is 1.90. The van der Waals surface area contributed by atoms with Crippen LogP contribution in [0.4, 0.5) is 0 Å². The predicted molar refractivity (Wildman–Crippen MR) is 78.0 cm³/mol. The summed E-state index contributed by atoms with van der Waals surface area (Å²) in [7, 11) is 0. The smallest absolute Gasteiger partial charge is 0.340 e. The van der Waals surface area contributed by atoms with Crippen LogP contribution in [0.3, 0.4) is 0 Å². The summed E-state index contributed by atoms with van der Waals surface area (Å²) in [5.74, 6) is -0.592. The molecule has 0 aromatic carbocycles. The molecule has 0 fully saturated rings. The van der Waals surface area contributed by atoms with Crippen molar-refractivity contribution in [3.05, 3.63) is 12.2 Å². The van der Waals surface area contributed by atoms with Gasteiger partial charge in [-0.1, -0.05) is 71.3 Å². The van der Waals surface area contributed by atoms with Gasteiger partial charge in [-0.15, -0.1) is 0 Å². The SMILES string of the molecule is C=C(C=O)C(=O)OCCCCCCCCCCCC. The first-order valence-corrected chi connectivity index (χ1v) is 7.53. The maximum atomic E-state index is 11.1. The minimum atomic E-state index is -0.592. The molecule has 0 radical (unpaired) electrons. The molecule has 110 valence electrons. The third kappa shape index (κ3) is 11.7. The highest BCUT2D eigenvalue weighted by Crippen LogP contribution is 2.10. The molecule has 0 saturated carbocycles. The molecule has 0 aromatic heterocycles. The van der Waals surface area contributed by atoms with Gasteiger partial charge < -0.3 is 4.74 Å². The van der Waals surface area contributed by atoms with Crippen molar-refractivity contribution in [1.29, 1.82) is 0 Å². The monoisotopic (exact) mass is 268 g/mol. The second kappa shape index (κ2) is 13.3. The van der Waals surface area contributed by atoms with Crippen LogP contribution in [0.15, 0.2) is 12.2 Å². The first-order valence-electron chi connectivity index (χ1n) is 7.53. The molecule has 3 heteroatoms. The fourth-order valence-corrected chi connectivity index (χ4v) is 1.90. The number of aldehydes is 1. The van der Waals surface area contributed by atoms with E-state index in [4.69, 9.17) is 4.74 Å². The first kappa shape index (κ1) is 17.9. The Hall–Kier alpha value is -1.12. The van der Waals surface area contributed by atoms with Crippen LogP contribution in [-0.4, -0.2) is 18.9 Å². The number of carbonyl (C=O) groups excluding carboxylic acids is 2. The van der Waals surface area contributed by atoms with Gasteiger partial charge in [0.1, 0.15) is 0 Å². The quantitative estimate of drug-likeness (QED) is 0.125. The third-order valence-electron chi connectivity index (χ3n) is 3.14. The maximum Gasteiger partial charge on any atom is 0.340 e.